The minimum atomic E-state index is -4.32. The minimum absolute atomic E-state index is 0.0433. The highest BCUT2D eigenvalue weighted by molar-refractivity contribution is 7.89. The number of rotatable bonds is 6. The third-order valence-corrected chi connectivity index (χ3v) is 8.76. The van der Waals surface area contributed by atoms with Gasteiger partial charge < -0.3 is 5.11 Å². The van der Waals surface area contributed by atoms with Gasteiger partial charge in [0.2, 0.25) is 5.95 Å². The van der Waals surface area contributed by atoms with Crippen LogP contribution in [-0.2, 0) is 26.0 Å². The number of amides is 1. The lowest BCUT2D eigenvalue weighted by Gasteiger charge is -2.22. The molecule has 1 N–H and O–H groups in total. The zero-order chi connectivity index (χ0) is 28.5. The van der Waals surface area contributed by atoms with Crippen LogP contribution < -0.4 is 4.90 Å². The Morgan fingerprint density at radius 2 is 1.79 bits per heavy atom. The Bertz CT molecular complexity index is 1550. The fraction of sp³-hybridized carbons (Fsp3) is 0.308. The molecule has 3 aromatic rings. The fourth-order valence-corrected chi connectivity index (χ4v) is 7.06. The average molecular weight is 590 g/mol. The number of imidazole rings is 1. The first-order chi connectivity index (χ1) is 18.6. The summed E-state index contributed by atoms with van der Waals surface area (Å²) in [7, 11) is -4.32. The highest BCUT2D eigenvalue weighted by atomic mass is 35.5. The number of carbonyl (C=O) groups is 2. The molecule has 1 aromatic heterocycles. The Labute approximate surface area is 236 Å². The normalized spacial score (nSPS) is 18.8. The van der Waals surface area contributed by atoms with Crippen LogP contribution >= 0.6 is 23.2 Å². The predicted molar refractivity (Wildman–Crippen MR) is 146 cm³/mol. The van der Waals surface area contributed by atoms with E-state index in [1.165, 1.54) is 27.7 Å². The number of anilines is 2. The molecule has 2 aromatic carbocycles. The van der Waals surface area contributed by atoms with Crippen molar-refractivity contribution in [3.63, 3.8) is 0 Å². The van der Waals surface area contributed by atoms with E-state index < -0.39 is 34.0 Å². The molecular formula is C26H25Cl2N5O5S. The standard InChI is InChI=1S/C24H19Cl2N5O5S.C2H6/c25-16-9-17(26)11-18(10-16)30-22(32)20(8-14-3-5-15(12-27)6-4-14)31-21(13-28-24(30)31)37(35,36)29-7-1-2-19(29)23(33)34;1-2/h3-6,9-11,13,19-20H,1-2,7-8H2,(H,33,34);1-2H3/t19-,20?;/m0./s1. The molecule has 2 atom stereocenters. The Hall–Kier alpha value is -3.43. The van der Waals surface area contributed by atoms with E-state index in [0.717, 1.165) is 10.5 Å². The Kier molecular flexibility index (Phi) is 8.32. The zero-order valence-electron chi connectivity index (χ0n) is 21.1. The van der Waals surface area contributed by atoms with Crippen molar-refractivity contribution in [1.29, 1.82) is 5.26 Å². The molecule has 0 spiro atoms. The second-order valence-electron chi connectivity index (χ2n) is 8.71. The predicted octanol–water partition coefficient (Wildman–Crippen LogP) is 4.79. The van der Waals surface area contributed by atoms with Gasteiger partial charge in [0.15, 0.2) is 5.03 Å². The molecule has 204 valence electrons. The van der Waals surface area contributed by atoms with Crippen molar-refractivity contribution >= 4 is 56.7 Å². The first kappa shape index (κ1) is 28.6. The van der Waals surface area contributed by atoms with E-state index in [9.17, 15) is 23.1 Å². The van der Waals surface area contributed by atoms with Crippen molar-refractivity contribution in [3.05, 3.63) is 69.8 Å². The summed E-state index contributed by atoms with van der Waals surface area (Å²) in [5.41, 5.74) is 1.44. The summed E-state index contributed by atoms with van der Waals surface area (Å²) in [6.45, 7) is 4.04. The summed E-state index contributed by atoms with van der Waals surface area (Å²) in [4.78, 5) is 31.0. The largest absolute Gasteiger partial charge is 0.480 e. The molecule has 0 bridgehead atoms. The third-order valence-electron chi connectivity index (χ3n) is 6.44. The molecule has 5 rings (SSSR count). The highest BCUT2D eigenvalue weighted by Crippen LogP contribution is 2.42. The van der Waals surface area contributed by atoms with Gasteiger partial charge in [-0.25, -0.2) is 18.3 Å². The van der Waals surface area contributed by atoms with Gasteiger partial charge in [-0.3, -0.25) is 14.2 Å². The lowest BCUT2D eigenvalue weighted by Crippen LogP contribution is -2.41. The topological polar surface area (TPSA) is 137 Å². The molecule has 39 heavy (non-hydrogen) atoms. The molecule has 1 unspecified atom stereocenters. The summed E-state index contributed by atoms with van der Waals surface area (Å²) in [5, 5.41) is 18.9. The maximum atomic E-state index is 13.8. The third kappa shape index (κ3) is 5.25. The highest BCUT2D eigenvalue weighted by Gasteiger charge is 2.47. The van der Waals surface area contributed by atoms with E-state index in [4.69, 9.17) is 28.5 Å². The number of halogens is 2. The molecule has 1 fully saturated rings. The van der Waals surface area contributed by atoms with Crippen LogP contribution in [0.2, 0.25) is 10.0 Å². The van der Waals surface area contributed by atoms with Gasteiger partial charge in [-0.2, -0.15) is 9.57 Å². The molecule has 2 aliphatic heterocycles. The second kappa shape index (κ2) is 11.4. The van der Waals surface area contributed by atoms with Gasteiger partial charge in [-0.15, -0.1) is 0 Å². The maximum absolute atomic E-state index is 13.8. The average Bonchev–Trinajstić information content (AvgIpc) is 3.62. The Balaban J connectivity index is 0.00000172. The van der Waals surface area contributed by atoms with Crippen molar-refractivity contribution < 1.29 is 23.1 Å². The summed E-state index contributed by atoms with van der Waals surface area (Å²) in [5.74, 6) is -1.65. The van der Waals surface area contributed by atoms with Crippen molar-refractivity contribution in [2.75, 3.05) is 11.4 Å². The number of hydrogen-bond acceptors (Lipinski definition) is 6. The zero-order valence-corrected chi connectivity index (χ0v) is 23.4. The fourth-order valence-electron chi connectivity index (χ4n) is 4.77. The number of aliphatic carboxylic acids is 1. The van der Waals surface area contributed by atoms with Crippen LogP contribution in [0.3, 0.4) is 0 Å². The molecule has 3 heterocycles. The number of fused-ring (bicyclic) bond motifs is 1. The number of carbonyl (C=O) groups excluding carboxylic acids is 1. The summed E-state index contributed by atoms with van der Waals surface area (Å²) < 4.78 is 29.7. The number of carboxylic acid groups (broad SMARTS) is 1. The number of carboxylic acids is 1. The van der Waals surface area contributed by atoms with Crippen LogP contribution in [-0.4, -0.2) is 51.8 Å². The van der Waals surface area contributed by atoms with E-state index in [0.29, 0.717) is 23.2 Å². The van der Waals surface area contributed by atoms with Crippen LogP contribution in [0.4, 0.5) is 11.6 Å². The molecule has 0 aliphatic carbocycles. The van der Waals surface area contributed by atoms with Crippen LogP contribution in [0.1, 0.15) is 43.9 Å². The summed E-state index contributed by atoms with van der Waals surface area (Å²) in [6.07, 6.45) is 1.83. The van der Waals surface area contributed by atoms with Gasteiger partial charge in [0, 0.05) is 23.0 Å². The number of hydrogen-bond donors (Lipinski definition) is 1. The van der Waals surface area contributed by atoms with Crippen LogP contribution in [0.15, 0.2) is 53.7 Å². The quantitative estimate of drug-likeness (QED) is 0.436. The molecule has 2 aliphatic rings. The first-order valence-corrected chi connectivity index (χ1v) is 14.4. The molecule has 10 nitrogen and oxygen atoms in total. The lowest BCUT2D eigenvalue weighted by molar-refractivity contribution is -0.140. The Morgan fingerprint density at radius 1 is 1.15 bits per heavy atom. The molecule has 0 saturated carbocycles. The van der Waals surface area contributed by atoms with Gasteiger partial charge in [-0.05, 0) is 48.7 Å². The van der Waals surface area contributed by atoms with Gasteiger partial charge in [0.05, 0.1) is 23.5 Å². The van der Waals surface area contributed by atoms with E-state index in [2.05, 4.69) is 4.98 Å². The number of sulfonamides is 1. The molecular weight excluding hydrogens is 565 g/mol. The Morgan fingerprint density at radius 3 is 2.38 bits per heavy atom. The smallest absolute Gasteiger partial charge is 0.322 e. The van der Waals surface area contributed by atoms with Crippen LogP contribution in [0, 0.1) is 11.3 Å². The minimum Gasteiger partial charge on any atom is -0.480 e. The van der Waals surface area contributed by atoms with Crippen LogP contribution in [0.5, 0.6) is 0 Å². The molecule has 13 heteroatoms. The molecule has 1 amide bonds. The van der Waals surface area contributed by atoms with Crippen LogP contribution in [0.25, 0.3) is 0 Å². The van der Waals surface area contributed by atoms with Crippen molar-refractivity contribution in [2.24, 2.45) is 0 Å². The van der Waals surface area contributed by atoms with Gasteiger partial charge in [-0.1, -0.05) is 49.2 Å². The van der Waals surface area contributed by atoms with Gasteiger partial charge >= 0.3 is 5.97 Å². The summed E-state index contributed by atoms with van der Waals surface area (Å²) in [6, 6.07) is 11.0. The molecule has 1 saturated heterocycles. The van der Waals surface area contributed by atoms with E-state index in [1.54, 1.807) is 24.3 Å². The van der Waals surface area contributed by atoms with Crippen molar-refractivity contribution in [1.82, 2.24) is 13.9 Å². The number of aromatic nitrogens is 2. The SMILES string of the molecule is CC.N#Cc1ccc(CC2C(=O)N(c3cc(Cl)cc(Cl)c3)c3ncc(S(=O)(=O)N4CCC[C@H]4C(=O)O)n32)cc1. The second-order valence-corrected chi connectivity index (χ2v) is 11.4. The van der Waals surface area contributed by atoms with E-state index in [1.807, 2.05) is 19.9 Å². The van der Waals surface area contributed by atoms with Crippen molar-refractivity contribution in [3.8, 4) is 6.07 Å². The molecule has 0 radical (unpaired) electrons. The van der Waals surface area contributed by atoms with E-state index >= 15 is 0 Å². The lowest BCUT2D eigenvalue weighted by atomic mass is 10.0. The van der Waals surface area contributed by atoms with Gasteiger partial charge in [0.1, 0.15) is 12.1 Å². The number of nitrogens with zero attached hydrogens (tertiary/aromatic N) is 5. The maximum Gasteiger partial charge on any atom is 0.322 e. The number of nitriles is 1. The van der Waals surface area contributed by atoms with Gasteiger partial charge in [0.25, 0.3) is 15.9 Å². The number of benzene rings is 2. The summed E-state index contributed by atoms with van der Waals surface area (Å²) >= 11 is 12.3. The van der Waals surface area contributed by atoms with Crippen molar-refractivity contribution in [2.45, 2.75) is 50.2 Å². The van der Waals surface area contributed by atoms with E-state index in [-0.39, 0.29) is 40.4 Å². The monoisotopic (exact) mass is 589 g/mol. The first-order valence-electron chi connectivity index (χ1n) is 12.2.